The number of rotatable bonds is 4. The van der Waals surface area contributed by atoms with E-state index in [-0.39, 0.29) is 5.97 Å². The first kappa shape index (κ1) is 15.8. The predicted octanol–water partition coefficient (Wildman–Crippen LogP) is 3.83. The molecule has 3 atom stereocenters. The van der Waals surface area contributed by atoms with Gasteiger partial charge in [-0.2, -0.15) is 0 Å². The summed E-state index contributed by atoms with van der Waals surface area (Å²) in [5, 5.41) is 10.7. The van der Waals surface area contributed by atoms with Crippen LogP contribution in [0.1, 0.15) is 79.1 Å². The van der Waals surface area contributed by atoms with Gasteiger partial charge in [-0.3, -0.25) is 4.79 Å². The molecule has 1 N–H and O–H groups in total. The first-order valence-electron chi connectivity index (χ1n) is 8.20. The van der Waals surface area contributed by atoms with E-state index in [1.165, 1.54) is 6.42 Å². The maximum atomic E-state index is 12.5. The summed E-state index contributed by atoms with van der Waals surface area (Å²) in [5.41, 5.74) is -1.47. The highest BCUT2D eigenvalue weighted by Gasteiger charge is 2.51. The number of esters is 1. The average Bonchev–Trinajstić information content (AvgIpc) is 2.37. The van der Waals surface area contributed by atoms with Gasteiger partial charge in [-0.05, 0) is 58.3 Å². The van der Waals surface area contributed by atoms with E-state index in [2.05, 4.69) is 0 Å². The largest absolute Gasteiger partial charge is 0.459 e. The van der Waals surface area contributed by atoms with Crippen molar-refractivity contribution in [3.05, 3.63) is 0 Å². The van der Waals surface area contributed by atoms with Gasteiger partial charge in [0.1, 0.15) is 5.60 Å². The van der Waals surface area contributed by atoms with Crippen LogP contribution >= 0.6 is 0 Å². The number of fused-ring (bicyclic) bond motifs is 2. The Kier molecular flexibility index (Phi) is 4.21. The third kappa shape index (κ3) is 3.03. The number of hydrogen-bond donors (Lipinski definition) is 1. The fraction of sp³-hybridized carbons (Fsp3) is 0.941. The lowest BCUT2D eigenvalue weighted by atomic mass is 9.62. The van der Waals surface area contributed by atoms with Crippen molar-refractivity contribution in [1.82, 2.24) is 0 Å². The highest BCUT2D eigenvalue weighted by Crippen LogP contribution is 2.50. The molecule has 116 valence electrons. The van der Waals surface area contributed by atoms with Gasteiger partial charge in [0.25, 0.3) is 0 Å². The molecular formula is C17H30O3. The summed E-state index contributed by atoms with van der Waals surface area (Å²) in [5.74, 6) is 0.418. The Hall–Kier alpha value is -0.570. The van der Waals surface area contributed by atoms with Crippen LogP contribution in [0, 0.1) is 11.3 Å². The number of carbonyl (C=O) groups is 1. The summed E-state index contributed by atoms with van der Waals surface area (Å²) in [4.78, 5) is 12.5. The highest BCUT2D eigenvalue weighted by atomic mass is 16.6. The molecule has 2 aliphatic carbocycles. The average molecular weight is 282 g/mol. The molecule has 2 bridgehead atoms. The molecule has 0 aromatic rings. The second-order valence-corrected chi connectivity index (χ2v) is 7.73. The minimum atomic E-state index is -0.639. The van der Waals surface area contributed by atoms with Crippen molar-refractivity contribution in [3.63, 3.8) is 0 Å². The van der Waals surface area contributed by atoms with Crippen molar-refractivity contribution in [2.75, 3.05) is 0 Å². The molecule has 0 aliphatic heterocycles. The standard InChI is InChI=1S/C17H30O3/c1-5-15(3,4)14(18)20-17-9-7-8-13(11-17)10-16(19,6-2)12-17/h13,19H,5-12H2,1-4H3/t13?,16-,17?/m1/s1. The first-order chi connectivity index (χ1) is 9.24. The maximum Gasteiger partial charge on any atom is 0.312 e. The molecule has 3 nitrogen and oxygen atoms in total. The van der Waals surface area contributed by atoms with Crippen LogP contribution in [-0.2, 0) is 9.53 Å². The fourth-order valence-electron chi connectivity index (χ4n) is 3.86. The Labute approximate surface area is 123 Å². The van der Waals surface area contributed by atoms with Crippen LogP contribution in [0.25, 0.3) is 0 Å². The third-order valence-electron chi connectivity index (χ3n) is 5.63. The van der Waals surface area contributed by atoms with Crippen molar-refractivity contribution < 1.29 is 14.6 Å². The molecule has 0 aromatic heterocycles. The molecule has 20 heavy (non-hydrogen) atoms. The van der Waals surface area contributed by atoms with E-state index in [1.807, 2.05) is 27.7 Å². The van der Waals surface area contributed by atoms with E-state index in [0.717, 1.165) is 38.5 Å². The van der Waals surface area contributed by atoms with Gasteiger partial charge in [-0.15, -0.1) is 0 Å². The lowest BCUT2D eigenvalue weighted by Crippen LogP contribution is -2.54. The van der Waals surface area contributed by atoms with Crippen molar-refractivity contribution >= 4 is 5.97 Å². The van der Waals surface area contributed by atoms with E-state index in [4.69, 9.17) is 4.74 Å². The zero-order chi connectivity index (χ0) is 15.0. The molecule has 2 unspecified atom stereocenters. The highest BCUT2D eigenvalue weighted by molar-refractivity contribution is 5.76. The Balaban J connectivity index is 2.17. The van der Waals surface area contributed by atoms with Gasteiger partial charge in [0, 0.05) is 6.42 Å². The van der Waals surface area contributed by atoms with E-state index in [9.17, 15) is 9.90 Å². The molecule has 2 aliphatic rings. The fourth-order valence-corrected chi connectivity index (χ4v) is 3.86. The predicted molar refractivity (Wildman–Crippen MR) is 79.3 cm³/mol. The van der Waals surface area contributed by atoms with Gasteiger partial charge in [0.15, 0.2) is 0 Å². The Bertz CT molecular complexity index is 376. The Morgan fingerprint density at radius 1 is 1.35 bits per heavy atom. The van der Waals surface area contributed by atoms with Crippen molar-refractivity contribution in [1.29, 1.82) is 0 Å². The topological polar surface area (TPSA) is 46.5 Å². The molecule has 0 saturated heterocycles. The monoisotopic (exact) mass is 282 g/mol. The zero-order valence-corrected chi connectivity index (χ0v) is 13.5. The number of hydrogen-bond acceptors (Lipinski definition) is 3. The molecule has 2 rings (SSSR count). The van der Waals surface area contributed by atoms with E-state index in [1.54, 1.807) is 0 Å². The van der Waals surface area contributed by atoms with Crippen molar-refractivity contribution in [3.8, 4) is 0 Å². The summed E-state index contributed by atoms with van der Waals surface area (Å²) >= 11 is 0. The van der Waals surface area contributed by atoms with Gasteiger partial charge in [-0.1, -0.05) is 20.3 Å². The minimum absolute atomic E-state index is 0.0963. The smallest absolute Gasteiger partial charge is 0.312 e. The van der Waals surface area contributed by atoms with Gasteiger partial charge in [0.05, 0.1) is 11.0 Å². The lowest BCUT2D eigenvalue weighted by molar-refractivity contribution is -0.197. The quantitative estimate of drug-likeness (QED) is 0.797. The van der Waals surface area contributed by atoms with Gasteiger partial charge >= 0.3 is 5.97 Å². The summed E-state index contributed by atoms with van der Waals surface area (Å²) < 4.78 is 6.00. The van der Waals surface area contributed by atoms with E-state index >= 15 is 0 Å². The normalized spacial score (nSPS) is 37.5. The maximum absolute atomic E-state index is 12.5. The second-order valence-electron chi connectivity index (χ2n) is 7.73. The lowest BCUT2D eigenvalue weighted by Gasteiger charge is -2.51. The van der Waals surface area contributed by atoms with Crippen LogP contribution < -0.4 is 0 Å². The molecule has 0 aromatic carbocycles. The molecule has 0 heterocycles. The molecule has 2 fully saturated rings. The summed E-state index contributed by atoms with van der Waals surface area (Å²) in [6, 6.07) is 0. The van der Waals surface area contributed by atoms with Gasteiger partial charge in [0.2, 0.25) is 0 Å². The summed E-state index contributed by atoms with van der Waals surface area (Å²) in [6.45, 7) is 7.95. The summed E-state index contributed by atoms with van der Waals surface area (Å²) in [6.07, 6.45) is 7.17. The van der Waals surface area contributed by atoms with Gasteiger partial charge < -0.3 is 9.84 Å². The SMILES string of the molecule is CCC(C)(C)C(=O)OC12CCCC(C1)C[C@](O)(CC)C2. The van der Waals surface area contributed by atoms with E-state index < -0.39 is 16.6 Å². The van der Waals surface area contributed by atoms with Crippen LogP contribution in [0.2, 0.25) is 0 Å². The number of carbonyl (C=O) groups excluding carboxylic acids is 1. The van der Waals surface area contributed by atoms with Crippen LogP contribution in [0.3, 0.4) is 0 Å². The molecule has 2 saturated carbocycles. The molecule has 0 radical (unpaired) electrons. The van der Waals surface area contributed by atoms with Crippen LogP contribution in [0.4, 0.5) is 0 Å². The molecule has 0 amide bonds. The molecular weight excluding hydrogens is 252 g/mol. The second kappa shape index (κ2) is 5.32. The molecule has 0 spiro atoms. The van der Waals surface area contributed by atoms with Gasteiger partial charge in [-0.25, -0.2) is 0 Å². The third-order valence-corrected chi connectivity index (χ3v) is 5.63. The Morgan fingerprint density at radius 2 is 2.05 bits per heavy atom. The van der Waals surface area contributed by atoms with Crippen LogP contribution in [0.15, 0.2) is 0 Å². The molecule has 3 heteroatoms. The van der Waals surface area contributed by atoms with Crippen molar-refractivity contribution in [2.24, 2.45) is 11.3 Å². The first-order valence-corrected chi connectivity index (χ1v) is 8.20. The summed E-state index contributed by atoms with van der Waals surface area (Å²) in [7, 11) is 0. The van der Waals surface area contributed by atoms with Crippen molar-refractivity contribution in [2.45, 2.75) is 90.3 Å². The van der Waals surface area contributed by atoms with E-state index in [0.29, 0.717) is 12.3 Å². The number of ether oxygens (including phenoxy) is 1. The minimum Gasteiger partial charge on any atom is -0.459 e. The van der Waals surface area contributed by atoms with Crippen LogP contribution in [0.5, 0.6) is 0 Å². The number of aliphatic hydroxyl groups is 1. The van der Waals surface area contributed by atoms with Crippen LogP contribution in [-0.4, -0.2) is 22.3 Å². The Morgan fingerprint density at radius 3 is 2.65 bits per heavy atom. The zero-order valence-electron chi connectivity index (χ0n) is 13.5.